The molecule has 23 heavy (non-hydrogen) atoms. The molecule has 122 valence electrons. The lowest BCUT2D eigenvalue weighted by Gasteiger charge is -2.21. The summed E-state index contributed by atoms with van der Waals surface area (Å²) in [5, 5.41) is 8.94. The first-order valence-corrected chi connectivity index (χ1v) is 8.02. The zero-order chi connectivity index (χ0) is 16.6. The Morgan fingerprint density at radius 2 is 2.00 bits per heavy atom. The average molecular weight is 312 g/mol. The molecule has 0 N–H and O–H groups in total. The van der Waals surface area contributed by atoms with Gasteiger partial charge in [0, 0.05) is 37.1 Å². The molecule has 0 amide bonds. The van der Waals surface area contributed by atoms with Crippen molar-refractivity contribution in [2.24, 2.45) is 0 Å². The van der Waals surface area contributed by atoms with Crippen LogP contribution in [0.25, 0.3) is 5.65 Å². The summed E-state index contributed by atoms with van der Waals surface area (Å²) in [5.74, 6) is 1.45. The van der Waals surface area contributed by atoms with Crippen molar-refractivity contribution in [2.75, 3.05) is 18.5 Å². The monoisotopic (exact) mass is 312 g/mol. The standard InChI is InChI=1S/C17H24N6/c1-12(2)15-11-17(23-16(19-15)6-7-18-23)21(5)8-9-22-14(4)10-13(3)20-22/h6-7,10-12H,8-9H2,1-5H3. The third kappa shape index (κ3) is 3.06. The molecule has 6 nitrogen and oxygen atoms in total. The molecule has 0 fully saturated rings. The first-order chi connectivity index (χ1) is 11.0. The Hall–Kier alpha value is -2.37. The molecule has 3 rings (SSSR count). The number of anilines is 1. The number of nitrogens with zero attached hydrogens (tertiary/aromatic N) is 6. The van der Waals surface area contributed by atoms with Gasteiger partial charge in [0.2, 0.25) is 0 Å². The van der Waals surface area contributed by atoms with Crippen molar-refractivity contribution in [1.29, 1.82) is 0 Å². The molecular weight excluding hydrogens is 288 g/mol. The number of likely N-dealkylation sites (N-methyl/N-ethyl adjacent to an activating group) is 1. The molecule has 0 saturated heterocycles. The summed E-state index contributed by atoms with van der Waals surface area (Å²) in [6.45, 7) is 10.1. The topological polar surface area (TPSA) is 51.2 Å². The first-order valence-electron chi connectivity index (χ1n) is 8.02. The van der Waals surface area contributed by atoms with Gasteiger partial charge in [-0.2, -0.15) is 14.7 Å². The lowest BCUT2D eigenvalue weighted by molar-refractivity contribution is 0.588. The van der Waals surface area contributed by atoms with Gasteiger partial charge in [0.15, 0.2) is 5.65 Å². The van der Waals surface area contributed by atoms with E-state index >= 15 is 0 Å². The Morgan fingerprint density at radius 3 is 2.65 bits per heavy atom. The van der Waals surface area contributed by atoms with Crippen molar-refractivity contribution in [3.63, 3.8) is 0 Å². The van der Waals surface area contributed by atoms with Crippen LogP contribution in [0.1, 0.15) is 36.8 Å². The van der Waals surface area contributed by atoms with Crippen LogP contribution in [0.3, 0.4) is 0 Å². The van der Waals surface area contributed by atoms with Gasteiger partial charge in [-0.3, -0.25) is 4.68 Å². The molecule has 0 radical (unpaired) electrons. The Labute approximate surface area is 136 Å². The predicted octanol–water partition coefficient (Wildman–Crippen LogP) is 2.80. The van der Waals surface area contributed by atoms with Crippen molar-refractivity contribution >= 4 is 11.5 Å². The molecule has 3 aromatic heterocycles. The van der Waals surface area contributed by atoms with Crippen LogP contribution in [0.15, 0.2) is 24.4 Å². The third-order valence-corrected chi connectivity index (χ3v) is 4.09. The molecule has 0 aliphatic carbocycles. The summed E-state index contributed by atoms with van der Waals surface area (Å²) in [6.07, 6.45) is 1.80. The Morgan fingerprint density at radius 1 is 1.22 bits per heavy atom. The number of rotatable bonds is 5. The number of aryl methyl sites for hydroxylation is 2. The number of hydrogen-bond donors (Lipinski definition) is 0. The molecular formula is C17H24N6. The zero-order valence-electron chi connectivity index (χ0n) is 14.5. The van der Waals surface area contributed by atoms with Crippen molar-refractivity contribution < 1.29 is 0 Å². The van der Waals surface area contributed by atoms with Crippen molar-refractivity contribution in [3.8, 4) is 0 Å². The van der Waals surface area contributed by atoms with Gasteiger partial charge in [-0.1, -0.05) is 13.8 Å². The Balaban J connectivity index is 1.86. The van der Waals surface area contributed by atoms with E-state index in [-0.39, 0.29) is 0 Å². The van der Waals surface area contributed by atoms with Gasteiger partial charge in [-0.15, -0.1) is 0 Å². The maximum absolute atomic E-state index is 4.67. The van der Waals surface area contributed by atoms with Crippen LogP contribution < -0.4 is 4.90 Å². The van der Waals surface area contributed by atoms with Crippen LogP contribution >= 0.6 is 0 Å². The van der Waals surface area contributed by atoms with E-state index in [9.17, 15) is 0 Å². The van der Waals surface area contributed by atoms with E-state index in [1.165, 1.54) is 5.69 Å². The molecule has 0 aromatic carbocycles. The summed E-state index contributed by atoms with van der Waals surface area (Å²) in [5.41, 5.74) is 4.23. The molecule has 0 spiro atoms. The van der Waals surface area contributed by atoms with Gasteiger partial charge < -0.3 is 4.90 Å². The molecule has 0 aliphatic rings. The van der Waals surface area contributed by atoms with E-state index < -0.39 is 0 Å². The van der Waals surface area contributed by atoms with Gasteiger partial charge in [0.25, 0.3) is 0 Å². The highest BCUT2D eigenvalue weighted by Gasteiger charge is 2.13. The van der Waals surface area contributed by atoms with Crippen LogP contribution in [0, 0.1) is 13.8 Å². The fourth-order valence-corrected chi connectivity index (χ4v) is 2.74. The van der Waals surface area contributed by atoms with E-state index in [1.54, 1.807) is 6.20 Å². The maximum Gasteiger partial charge on any atom is 0.157 e. The molecule has 0 atom stereocenters. The van der Waals surface area contributed by atoms with E-state index in [2.05, 4.69) is 64.7 Å². The molecule has 0 saturated carbocycles. The molecule has 0 aliphatic heterocycles. The van der Waals surface area contributed by atoms with E-state index in [4.69, 9.17) is 0 Å². The van der Waals surface area contributed by atoms with Gasteiger partial charge in [-0.25, -0.2) is 4.98 Å². The van der Waals surface area contributed by atoms with Crippen LogP contribution in [0.2, 0.25) is 0 Å². The molecule has 6 heteroatoms. The summed E-state index contributed by atoms with van der Waals surface area (Å²) in [6, 6.07) is 6.19. The van der Waals surface area contributed by atoms with Crippen molar-refractivity contribution in [2.45, 2.75) is 40.2 Å². The second-order valence-corrected chi connectivity index (χ2v) is 6.37. The predicted molar refractivity (Wildman–Crippen MR) is 92.0 cm³/mol. The van der Waals surface area contributed by atoms with Crippen LogP contribution in [-0.2, 0) is 6.54 Å². The fraction of sp³-hybridized carbons (Fsp3) is 0.471. The second-order valence-electron chi connectivity index (χ2n) is 6.37. The molecule has 3 aromatic rings. The summed E-state index contributed by atoms with van der Waals surface area (Å²) in [7, 11) is 2.09. The van der Waals surface area contributed by atoms with Crippen LogP contribution in [0.5, 0.6) is 0 Å². The highest BCUT2D eigenvalue weighted by Crippen LogP contribution is 2.21. The van der Waals surface area contributed by atoms with E-state index in [0.717, 1.165) is 35.9 Å². The normalized spacial score (nSPS) is 11.6. The number of fused-ring (bicyclic) bond motifs is 1. The van der Waals surface area contributed by atoms with Crippen LogP contribution in [0.4, 0.5) is 5.82 Å². The van der Waals surface area contributed by atoms with Crippen molar-refractivity contribution in [3.05, 3.63) is 41.5 Å². The SMILES string of the molecule is Cc1cc(C)n(CCN(C)c2cc(C(C)C)nc3ccnn23)n1. The molecule has 3 heterocycles. The highest BCUT2D eigenvalue weighted by molar-refractivity contribution is 5.50. The lowest BCUT2D eigenvalue weighted by atomic mass is 10.1. The minimum atomic E-state index is 0.387. The summed E-state index contributed by atoms with van der Waals surface area (Å²) < 4.78 is 3.95. The average Bonchev–Trinajstić information content (AvgIpc) is 3.09. The van der Waals surface area contributed by atoms with Gasteiger partial charge in [-0.05, 0) is 25.8 Å². The van der Waals surface area contributed by atoms with Gasteiger partial charge in [0.1, 0.15) is 5.82 Å². The second kappa shape index (κ2) is 6.02. The van der Waals surface area contributed by atoms with E-state index in [1.807, 2.05) is 17.5 Å². The lowest BCUT2D eigenvalue weighted by Crippen LogP contribution is -2.26. The molecule has 0 bridgehead atoms. The molecule has 0 unspecified atom stereocenters. The quantitative estimate of drug-likeness (QED) is 0.727. The van der Waals surface area contributed by atoms with E-state index in [0.29, 0.717) is 5.92 Å². The maximum atomic E-state index is 4.67. The largest absolute Gasteiger partial charge is 0.358 e. The third-order valence-electron chi connectivity index (χ3n) is 4.09. The van der Waals surface area contributed by atoms with Gasteiger partial charge in [0.05, 0.1) is 18.4 Å². The van der Waals surface area contributed by atoms with Crippen molar-refractivity contribution in [1.82, 2.24) is 24.4 Å². The summed E-state index contributed by atoms with van der Waals surface area (Å²) in [4.78, 5) is 6.88. The number of hydrogen-bond acceptors (Lipinski definition) is 4. The minimum Gasteiger partial charge on any atom is -0.358 e. The smallest absolute Gasteiger partial charge is 0.157 e. The Bertz CT molecular complexity index is 814. The highest BCUT2D eigenvalue weighted by atomic mass is 15.4. The fourth-order valence-electron chi connectivity index (χ4n) is 2.74. The minimum absolute atomic E-state index is 0.387. The van der Waals surface area contributed by atoms with Gasteiger partial charge >= 0.3 is 0 Å². The Kier molecular flexibility index (Phi) is 4.07. The zero-order valence-corrected chi connectivity index (χ0v) is 14.5. The first kappa shape index (κ1) is 15.5. The number of aromatic nitrogens is 5. The summed E-state index contributed by atoms with van der Waals surface area (Å²) >= 11 is 0. The van der Waals surface area contributed by atoms with Crippen LogP contribution in [-0.4, -0.2) is 38.0 Å².